The summed E-state index contributed by atoms with van der Waals surface area (Å²) >= 11 is 0. The summed E-state index contributed by atoms with van der Waals surface area (Å²) in [5.74, 6) is 0. The molecule has 0 aliphatic heterocycles. The zero-order valence-corrected chi connectivity index (χ0v) is 10.5. The SMILES string of the molecule is CCC(C)Nc1ccc(C(C)(C)C#N)cc1. The predicted molar refractivity (Wildman–Crippen MR) is 68.5 cm³/mol. The van der Waals surface area contributed by atoms with Crippen molar-refractivity contribution in [3.05, 3.63) is 29.8 Å². The standard InChI is InChI=1S/C14H20N2/c1-5-11(2)16-13-8-6-12(7-9-13)14(3,4)10-15/h6-9,11,16H,5H2,1-4H3. The van der Waals surface area contributed by atoms with Crippen LogP contribution in [0.5, 0.6) is 0 Å². The highest BCUT2D eigenvalue weighted by Crippen LogP contribution is 2.23. The second kappa shape index (κ2) is 5.03. The van der Waals surface area contributed by atoms with Crippen molar-refractivity contribution in [2.45, 2.75) is 45.6 Å². The first-order valence-electron chi connectivity index (χ1n) is 5.78. The van der Waals surface area contributed by atoms with Gasteiger partial charge in [0.25, 0.3) is 0 Å². The quantitative estimate of drug-likeness (QED) is 0.833. The Morgan fingerprint density at radius 1 is 1.31 bits per heavy atom. The molecule has 0 fully saturated rings. The highest BCUT2D eigenvalue weighted by molar-refractivity contribution is 5.47. The first-order chi connectivity index (χ1) is 7.49. The van der Waals surface area contributed by atoms with Crippen LogP contribution in [0.3, 0.4) is 0 Å². The van der Waals surface area contributed by atoms with E-state index in [0.717, 1.165) is 17.7 Å². The number of anilines is 1. The van der Waals surface area contributed by atoms with Gasteiger partial charge in [0.05, 0.1) is 11.5 Å². The molecule has 0 bridgehead atoms. The molecule has 86 valence electrons. The summed E-state index contributed by atoms with van der Waals surface area (Å²) in [7, 11) is 0. The summed E-state index contributed by atoms with van der Waals surface area (Å²) in [6, 6.07) is 10.9. The number of benzene rings is 1. The minimum atomic E-state index is -0.408. The molecule has 0 amide bonds. The van der Waals surface area contributed by atoms with Crippen LogP contribution >= 0.6 is 0 Å². The van der Waals surface area contributed by atoms with Crippen LogP contribution in [-0.2, 0) is 5.41 Å². The predicted octanol–water partition coefficient (Wildman–Crippen LogP) is 3.70. The van der Waals surface area contributed by atoms with Crippen molar-refractivity contribution in [1.29, 1.82) is 5.26 Å². The van der Waals surface area contributed by atoms with E-state index in [9.17, 15) is 0 Å². The molecule has 0 aromatic heterocycles. The van der Waals surface area contributed by atoms with Crippen molar-refractivity contribution >= 4 is 5.69 Å². The summed E-state index contributed by atoms with van der Waals surface area (Å²) in [6.07, 6.45) is 1.10. The zero-order valence-electron chi connectivity index (χ0n) is 10.5. The molecule has 16 heavy (non-hydrogen) atoms. The van der Waals surface area contributed by atoms with Gasteiger partial charge in [-0.1, -0.05) is 19.1 Å². The third kappa shape index (κ3) is 3.00. The van der Waals surface area contributed by atoms with Gasteiger partial charge in [-0.05, 0) is 44.9 Å². The van der Waals surface area contributed by atoms with E-state index in [4.69, 9.17) is 5.26 Å². The number of nitrogens with zero attached hydrogens (tertiary/aromatic N) is 1. The van der Waals surface area contributed by atoms with Crippen LogP contribution in [0, 0.1) is 11.3 Å². The first-order valence-corrected chi connectivity index (χ1v) is 5.78. The Labute approximate surface area is 98.3 Å². The van der Waals surface area contributed by atoms with E-state index in [0.29, 0.717) is 6.04 Å². The van der Waals surface area contributed by atoms with Crippen molar-refractivity contribution in [1.82, 2.24) is 0 Å². The van der Waals surface area contributed by atoms with Crippen molar-refractivity contribution in [2.75, 3.05) is 5.32 Å². The first kappa shape index (κ1) is 12.6. The van der Waals surface area contributed by atoms with Gasteiger partial charge in [-0.2, -0.15) is 5.26 Å². The molecule has 0 heterocycles. The fraction of sp³-hybridized carbons (Fsp3) is 0.500. The van der Waals surface area contributed by atoms with Crippen LogP contribution in [0.25, 0.3) is 0 Å². The Morgan fingerprint density at radius 3 is 2.31 bits per heavy atom. The lowest BCUT2D eigenvalue weighted by atomic mass is 9.86. The van der Waals surface area contributed by atoms with Gasteiger partial charge in [0.1, 0.15) is 0 Å². The fourth-order valence-electron chi connectivity index (χ4n) is 1.43. The van der Waals surface area contributed by atoms with Crippen molar-refractivity contribution < 1.29 is 0 Å². The van der Waals surface area contributed by atoms with E-state index >= 15 is 0 Å². The van der Waals surface area contributed by atoms with Crippen molar-refractivity contribution in [3.63, 3.8) is 0 Å². The molecule has 0 saturated carbocycles. The van der Waals surface area contributed by atoms with Crippen molar-refractivity contribution in [3.8, 4) is 6.07 Å². The third-order valence-electron chi connectivity index (χ3n) is 2.91. The van der Waals surface area contributed by atoms with Gasteiger partial charge in [0.2, 0.25) is 0 Å². The van der Waals surface area contributed by atoms with Crippen LogP contribution in [0.4, 0.5) is 5.69 Å². The maximum atomic E-state index is 9.03. The number of rotatable bonds is 4. The molecule has 2 heteroatoms. The highest BCUT2D eigenvalue weighted by Gasteiger charge is 2.19. The smallest absolute Gasteiger partial charge is 0.0766 e. The van der Waals surface area contributed by atoms with Gasteiger partial charge < -0.3 is 5.32 Å². The Bertz CT molecular complexity index is 371. The average Bonchev–Trinajstić information content (AvgIpc) is 2.29. The molecule has 0 saturated heterocycles. The Morgan fingerprint density at radius 2 is 1.88 bits per heavy atom. The normalized spacial score (nSPS) is 12.9. The largest absolute Gasteiger partial charge is 0.383 e. The van der Waals surface area contributed by atoms with E-state index < -0.39 is 5.41 Å². The molecular formula is C14H20N2. The molecule has 1 atom stereocenters. The fourth-order valence-corrected chi connectivity index (χ4v) is 1.43. The Kier molecular flexibility index (Phi) is 3.95. The minimum Gasteiger partial charge on any atom is -0.383 e. The molecule has 1 aromatic carbocycles. The number of nitrogens with one attached hydrogen (secondary N) is 1. The number of nitriles is 1. The van der Waals surface area contributed by atoms with E-state index in [1.807, 2.05) is 38.1 Å². The Hall–Kier alpha value is -1.49. The summed E-state index contributed by atoms with van der Waals surface area (Å²) in [5, 5.41) is 12.4. The zero-order chi connectivity index (χ0) is 12.2. The maximum Gasteiger partial charge on any atom is 0.0766 e. The van der Waals surface area contributed by atoms with Crippen LogP contribution < -0.4 is 5.32 Å². The molecule has 0 spiro atoms. The lowest BCUT2D eigenvalue weighted by Gasteiger charge is -2.17. The molecule has 0 aliphatic rings. The Balaban J connectivity index is 2.80. The lowest BCUT2D eigenvalue weighted by molar-refractivity contribution is 0.687. The highest BCUT2D eigenvalue weighted by atomic mass is 14.9. The van der Waals surface area contributed by atoms with Crippen LogP contribution in [0.15, 0.2) is 24.3 Å². The van der Waals surface area contributed by atoms with Gasteiger partial charge in [0, 0.05) is 11.7 Å². The molecule has 1 unspecified atom stereocenters. The van der Waals surface area contributed by atoms with Crippen LogP contribution in [-0.4, -0.2) is 6.04 Å². The average molecular weight is 216 g/mol. The second-order valence-corrected chi connectivity index (χ2v) is 4.77. The number of hydrogen-bond acceptors (Lipinski definition) is 2. The molecule has 1 rings (SSSR count). The van der Waals surface area contributed by atoms with Gasteiger partial charge in [0.15, 0.2) is 0 Å². The molecule has 0 radical (unpaired) electrons. The van der Waals surface area contributed by atoms with E-state index in [2.05, 4.69) is 25.2 Å². The summed E-state index contributed by atoms with van der Waals surface area (Å²) in [6.45, 7) is 8.19. The molecule has 1 aromatic rings. The van der Waals surface area contributed by atoms with Gasteiger partial charge in [-0.3, -0.25) is 0 Å². The van der Waals surface area contributed by atoms with Crippen molar-refractivity contribution in [2.24, 2.45) is 0 Å². The topological polar surface area (TPSA) is 35.8 Å². The van der Waals surface area contributed by atoms with E-state index in [-0.39, 0.29) is 0 Å². The monoisotopic (exact) mass is 216 g/mol. The summed E-state index contributed by atoms with van der Waals surface area (Å²) < 4.78 is 0. The number of hydrogen-bond donors (Lipinski definition) is 1. The molecule has 2 nitrogen and oxygen atoms in total. The van der Waals surface area contributed by atoms with Gasteiger partial charge in [-0.25, -0.2) is 0 Å². The van der Waals surface area contributed by atoms with Crippen LogP contribution in [0.2, 0.25) is 0 Å². The molecule has 1 N–H and O–H groups in total. The van der Waals surface area contributed by atoms with Gasteiger partial charge in [-0.15, -0.1) is 0 Å². The van der Waals surface area contributed by atoms with E-state index in [1.54, 1.807) is 0 Å². The lowest BCUT2D eigenvalue weighted by Crippen LogP contribution is -2.15. The van der Waals surface area contributed by atoms with Gasteiger partial charge >= 0.3 is 0 Å². The summed E-state index contributed by atoms with van der Waals surface area (Å²) in [5.41, 5.74) is 1.77. The third-order valence-corrected chi connectivity index (χ3v) is 2.91. The van der Waals surface area contributed by atoms with E-state index in [1.165, 1.54) is 0 Å². The molecule has 0 aliphatic carbocycles. The minimum absolute atomic E-state index is 0.408. The molecular weight excluding hydrogens is 196 g/mol. The van der Waals surface area contributed by atoms with Crippen LogP contribution in [0.1, 0.15) is 39.7 Å². The second-order valence-electron chi connectivity index (χ2n) is 4.77. The summed E-state index contributed by atoms with van der Waals surface area (Å²) in [4.78, 5) is 0. The maximum absolute atomic E-state index is 9.03.